The molecule has 0 atom stereocenters. The standard InChI is InChI=1S/C12H12ClFN2/c1-8-9(2)16(7-15-8)12-4-3-10(6-13)5-11(12)14/h3-5,7H,6H2,1-2H3. The SMILES string of the molecule is Cc1ncn(-c2ccc(CCl)cc2F)c1C. The highest BCUT2D eigenvalue weighted by Gasteiger charge is 2.09. The summed E-state index contributed by atoms with van der Waals surface area (Å²) in [5, 5.41) is 0. The fraction of sp³-hybridized carbons (Fsp3) is 0.250. The molecule has 0 saturated carbocycles. The van der Waals surface area contributed by atoms with Crippen LogP contribution in [0.15, 0.2) is 24.5 Å². The van der Waals surface area contributed by atoms with Gasteiger partial charge in [-0.25, -0.2) is 9.37 Å². The van der Waals surface area contributed by atoms with Gasteiger partial charge in [0.1, 0.15) is 5.82 Å². The van der Waals surface area contributed by atoms with E-state index in [4.69, 9.17) is 11.6 Å². The Bertz CT molecular complexity index is 520. The van der Waals surface area contributed by atoms with E-state index >= 15 is 0 Å². The van der Waals surface area contributed by atoms with Gasteiger partial charge < -0.3 is 4.57 Å². The minimum Gasteiger partial charge on any atom is -0.300 e. The Kier molecular flexibility index (Phi) is 2.97. The summed E-state index contributed by atoms with van der Waals surface area (Å²) in [4.78, 5) is 4.15. The molecular weight excluding hydrogens is 227 g/mol. The molecule has 2 aromatic rings. The molecular formula is C12H12ClFN2. The summed E-state index contributed by atoms with van der Waals surface area (Å²) in [6.07, 6.45) is 1.63. The minimum absolute atomic E-state index is 0.279. The predicted molar refractivity (Wildman–Crippen MR) is 62.6 cm³/mol. The van der Waals surface area contributed by atoms with Crippen LogP contribution in [0.4, 0.5) is 4.39 Å². The lowest BCUT2D eigenvalue weighted by Crippen LogP contribution is -1.99. The van der Waals surface area contributed by atoms with Gasteiger partial charge in [0.2, 0.25) is 0 Å². The van der Waals surface area contributed by atoms with Crippen LogP contribution in [-0.2, 0) is 5.88 Å². The Labute approximate surface area is 98.7 Å². The summed E-state index contributed by atoms with van der Waals surface area (Å²) in [5.74, 6) is 0.0396. The normalized spacial score (nSPS) is 10.8. The molecule has 1 heterocycles. The van der Waals surface area contributed by atoms with Crippen LogP contribution >= 0.6 is 11.6 Å². The van der Waals surface area contributed by atoms with Gasteiger partial charge in [-0.15, -0.1) is 11.6 Å². The van der Waals surface area contributed by atoms with Crippen LogP contribution < -0.4 is 0 Å². The van der Waals surface area contributed by atoms with E-state index in [0.717, 1.165) is 17.0 Å². The highest BCUT2D eigenvalue weighted by molar-refractivity contribution is 6.17. The quantitative estimate of drug-likeness (QED) is 0.734. The minimum atomic E-state index is -0.279. The van der Waals surface area contributed by atoms with Crippen molar-refractivity contribution in [1.82, 2.24) is 9.55 Å². The van der Waals surface area contributed by atoms with Gasteiger partial charge in [0.15, 0.2) is 0 Å². The van der Waals surface area contributed by atoms with E-state index in [-0.39, 0.29) is 5.82 Å². The van der Waals surface area contributed by atoms with Gasteiger partial charge in [-0.05, 0) is 31.5 Å². The first-order valence-electron chi connectivity index (χ1n) is 4.99. The van der Waals surface area contributed by atoms with Gasteiger partial charge in [0, 0.05) is 11.6 Å². The Balaban J connectivity index is 2.52. The lowest BCUT2D eigenvalue weighted by atomic mass is 10.2. The number of nitrogens with zero attached hydrogens (tertiary/aromatic N) is 2. The fourth-order valence-electron chi connectivity index (χ4n) is 1.57. The summed E-state index contributed by atoms with van der Waals surface area (Å²) in [5.41, 5.74) is 3.13. The molecule has 0 aliphatic rings. The predicted octanol–water partition coefficient (Wildman–Crippen LogP) is 3.37. The summed E-state index contributed by atoms with van der Waals surface area (Å²) >= 11 is 5.65. The van der Waals surface area contributed by atoms with Gasteiger partial charge in [0.05, 0.1) is 17.7 Å². The van der Waals surface area contributed by atoms with E-state index in [9.17, 15) is 4.39 Å². The second-order valence-corrected chi connectivity index (χ2v) is 3.97. The first kappa shape index (κ1) is 11.1. The maximum absolute atomic E-state index is 13.8. The molecule has 0 fully saturated rings. The van der Waals surface area contributed by atoms with E-state index < -0.39 is 0 Å². The third-order valence-electron chi connectivity index (χ3n) is 2.68. The Hall–Kier alpha value is -1.35. The number of benzene rings is 1. The third-order valence-corrected chi connectivity index (χ3v) is 2.99. The number of aryl methyl sites for hydroxylation is 1. The molecule has 16 heavy (non-hydrogen) atoms. The zero-order valence-electron chi connectivity index (χ0n) is 9.17. The van der Waals surface area contributed by atoms with Crippen molar-refractivity contribution in [1.29, 1.82) is 0 Å². The molecule has 4 heteroatoms. The highest BCUT2D eigenvalue weighted by atomic mass is 35.5. The largest absolute Gasteiger partial charge is 0.300 e. The van der Waals surface area contributed by atoms with Crippen LogP contribution in [0, 0.1) is 19.7 Å². The third kappa shape index (κ3) is 1.83. The van der Waals surface area contributed by atoms with Crippen molar-refractivity contribution in [3.63, 3.8) is 0 Å². The average molecular weight is 239 g/mol. The van der Waals surface area contributed by atoms with Crippen LogP contribution in [0.5, 0.6) is 0 Å². The monoisotopic (exact) mass is 238 g/mol. The molecule has 2 nitrogen and oxygen atoms in total. The van der Waals surface area contributed by atoms with E-state index in [1.807, 2.05) is 19.9 Å². The van der Waals surface area contributed by atoms with Gasteiger partial charge in [0.25, 0.3) is 0 Å². The van der Waals surface area contributed by atoms with E-state index in [1.165, 1.54) is 6.07 Å². The fourth-order valence-corrected chi connectivity index (χ4v) is 1.74. The number of hydrogen-bond acceptors (Lipinski definition) is 1. The number of halogens is 2. The maximum Gasteiger partial charge on any atom is 0.147 e. The summed E-state index contributed by atoms with van der Waals surface area (Å²) < 4.78 is 15.5. The van der Waals surface area contributed by atoms with Crippen molar-refractivity contribution in [2.75, 3.05) is 0 Å². The van der Waals surface area contributed by atoms with Crippen LogP contribution in [0.2, 0.25) is 0 Å². The van der Waals surface area contributed by atoms with Gasteiger partial charge in [-0.1, -0.05) is 6.07 Å². The van der Waals surface area contributed by atoms with Crippen molar-refractivity contribution >= 4 is 11.6 Å². The summed E-state index contributed by atoms with van der Waals surface area (Å²) in [6.45, 7) is 3.81. The van der Waals surface area contributed by atoms with E-state index in [2.05, 4.69) is 4.98 Å². The molecule has 0 amide bonds. The molecule has 0 N–H and O–H groups in total. The molecule has 2 rings (SSSR count). The topological polar surface area (TPSA) is 17.8 Å². The molecule has 0 unspecified atom stereocenters. The maximum atomic E-state index is 13.8. The van der Waals surface area contributed by atoms with Gasteiger partial charge in [-0.3, -0.25) is 0 Å². The molecule has 0 radical (unpaired) electrons. The van der Waals surface area contributed by atoms with Crippen LogP contribution in [0.25, 0.3) is 5.69 Å². The Morgan fingerprint density at radius 1 is 1.38 bits per heavy atom. The first-order chi connectivity index (χ1) is 7.63. The molecule has 0 aliphatic carbocycles. The van der Waals surface area contributed by atoms with Crippen LogP contribution in [-0.4, -0.2) is 9.55 Å². The van der Waals surface area contributed by atoms with E-state index in [0.29, 0.717) is 11.6 Å². The van der Waals surface area contributed by atoms with Crippen molar-refractivity contribution in [2.45, 2.75) is 19.7 Å². The Morgan fingerprint density at radius 2 is 2.12 bits per heavy atom. The lowest BCUT2D eigenvalue weighted by molar-refractivity contribution is 0.615. The number of imidazole rings is 1. The number of rotatable bonds is 2. The van der Waals surface area contributed by atoms with Gasteiger partial charge >= 0.3 is 0 Å². The van der Waals surface area contributed by atoms with Crippen molar-refractivity contribution in [3.05, 3.63) is 47.3 Å². The van der Waals surface area contributed by atoms with Crippen LogP contribution in [0.3, 0.4) is 0 Å². The zero-order valence-corrected chi connectivity index (χ0v) is 9.92. The van der Waals surface area contributed by atoms with Gasteiger partial charge in [-0.2, -0.15) is 0 Å². The molecule has 1 aromatic heterocycles. The smallest absolute Gasteiger partial charge is 0.147 e. The number of hydrogen-bond donors (Lipinski definition) is 0. The molecule has 0 aliphatic heterocycles. The van der Waals surface area contributed by atoms with Crippen molar-refractivity contribution in [3.8, 4) is 5.69 Å². The first-order valence-corrected chi connectivity index (χ1v) is 5.52. The van der Waals surface area contributed by atoms with Crippen LogP contribution in [0.1, 0.15) is 17.0 Å². The molecule has 0 bridgehead atoms. The van der Waals surface area contributed by atoms with Crippen molar-refractivity contribution in [2.24, 2.45) is 0 Å². The Morgan fingerprint density at radius 3 is 2.62 bits per heavy atom. The van der Waals surface area contributed by atoms with E-state index in [1.54, 1.807) is 17.0 Å². The number of aromatic nitrogens is 2. The summed E-state index contributed by atoms with van der Waals surface area (Å²) in [7, 11) is 0. The molecule has 0 saturated heterocycles. The summed E-state index contributed by atoms with van der Waals surface area (Å²) in [6, 6.07) is 5.00. The molecule has 1 aromatic carbocycles. The highest BCUT2D eigenvalue weighted by Crippen LogP contribution is 2.19. The second kappa shape index (κ2) is 4.26. The van der Waals surface area contributed by atoms with Crippen molar-refractivity contribution < 1.29 is 4.39 Å². The lowest BCUT2D eigenvalue weighted by Gasteiger charge is -2.07. The molecule has 0 spiro atoms. The second-order valence-electron chi connectivity index (χ2n) is 3.70. The number of alkyl halides is 1. The zero-order chi connectivity index (χ0) is 11.7. The average Bonchev–Trinajstić information content (AvgIpc) is 2.60. The molecule has 84 valence electrons.